The Kier molecular flexibility index (Phi) is 16.3. The zero-order valence-electron chi connectivity index (χ0n) is 28.5. The molecule has 1 saturated heterocycles. The van der Waals surface area contributed by atoms with Crippen LogP contribution in [0.3, 0.4) is 0 Å². The van der Waals surface area contributed by atoms with Gasteiger partial charge in [-0.2, -0.15) is 11.8 Å². The molecule has 1 aromatic rings. The van der Waals surface area contributed by atoms with Crippen LogP contribution in [0.2, 0.25) is 0 Å². The molecule has 2 rings (SSSR count). The van der Waals surface area contributed by atoms with E-state index in [-0.39, 0.29) is 17.2 Å². The minimum absolute atomic E-state index is 0.0324. The Bertz CT molecular complexity index is 1180. The van der Waals surface area contributed by atoms with Gasteiger partial charge in [-0.05, 0) is 68.1 Å². The van der Waals surface area contributed by atoms with Gasteiger partial charge in [-0.15, -0.1) is 0 Å². The van der Waals surface area contributed by atoms with Crippen molar-refractivity contribution in [2.75, 3.05) is 45.1 Å². The number of alkyl carbamates (subject to hydrolysis) is 1. The van der Waals surface area contributed by atoms with Gasteiger partial charge in [0.25, 0.3) is 0 Å². The van der Waals surface area contributed by atoms with E-state index in [0.717, 1.165) is 16.4 Å². The number of ether oxygens (including phenoxy) is 3. The molecule has 1 aromatic carbocycles. The highest BCUT2D eigenvalue weighted by Crippen LogP contribution is 2.33. The van der Waals surface area contributed by atoms with E-state index in [1.54, 1.807) is 32.5 Å². The normalized spacial score (nSPS) is 18.5. The van der Waals surface area contributed by atoms with Gasteiger partial charge in [0.1, 0.15) is 11.6 Å². The second-order valence-electron chi connectivity index (χ2n) is 13.1. The maximum Gasteiger partial charge on any atom is 0.408 e. The van der Waals surface area contributed by atoms with E-state index in [9.17, 15) is 19.2 Å². The minimum atomic E-state index is -0.723. The van der Waals surface area contributed by atoms with E-state index in [4.69, 9.17) is 14.2 Å². The molecule has 1 aliphatic heterocycles. The standard InChI is InChI=1S/C33H51N3O7S3/c1-32(2,3)24-14-12-22(13-15-24)23-19-27(28(37)35-26(16-18-44-9)29(38)41-7)36(20-23)17-10-11-25(21-45-46-31(40)42-8)34-30(39)43-33(4,5)6/h10-15,23,25-27H,16-21H2,1-9H3,(H,34,39)(H,35,37)/b11-10+/t23-,25+,26-,27-/m0/s1. The number of nitrogens with one attached hydrogen (secondary N) is 2. The first-order chi connectivity index (χ1) is 21.6. The van der Waals surface area contributed by atoms with Crippen LogP contribution >= 0.6 is 33.3 Å². The lowest BCUT2D eigenvalue weighted by Crippen LogP contribution is -2.50. The fourth-order valence-electron chi connectivity index (χ4n) is 4.92. The molecular weight excluding hydrogens is 647 g/mol. The second-order valence-corrected chi connectivity index (χ2v) is 16.4. The molecule has 2 N–H and O–H groups in total. The van der Waals surface area contributed by atoms with E-state index in [1.807, 2.05) is 18.4 Å². The number of hydrogen-bond acceptors (Lipinski definition) is 11. The smallest absolute Gasteiger partial charge is 0.408 e. The molecule has 10 nitrogen and oxygen atoms in total. The van der Waals surface area contributed by atoms with Crippen molar-refractivity contribution in [1.82, 2.24) is 15.5 Å². The van der Waals surface area contributed by atoms with Crippen LogP contribution in [0.4, 0.5) is 9.59 Å². The van der Waals surface area contributed by atoms with Crippen LogP contribution < -0.4 is 10.6 Å². The van der Waals surface area contributed by atoms with Crippen LogP contribution in [-0.4, -0.2) is 97.0 Å². The molecule has 4 atom stereocenters. The van der Waals surface area contributed by atoms with E-state index >= 15 is 0 Å². The van der Waals surface area contributed by atoms with Crippen molar-refractivity contribution >= 4 is 56.6 Å². The Hall–Kier alpha value is -2.35. The Morgan fingerprint density at radius 1 is 1.02 bits per heavy atom. The summed E-state index contributed by atoms with van der Waals surface area (Å²) < 4.78 is 15.1. The number of methoxy groups -OCH3 is 2. The molecule has 13 heteroatoms. The summed E-state index contributed by atoms with van der Waals surface area (Å²) in [6, 6.07) is 6.96. The molecule has 0 aliphatic carbocycles. The van der Waals surface area contributed by atoms with Crippen molar-refractivity contribution in [3.05, 3.63) is 47.5 Å². The predicted molar refractivity (Wildman–Crippen MR) is 190 cm³/mol. The molecule has 1 aliphatic rings. The lowest BCUT2D eigenvalue weighted by molar-refractivity contribution is -0.145. The van der Waals surface area contributed by atoms with Crippen molar-refractivity contribution in [3.63, 3.8) is 0 Å². The topological polar surface area (TPSA) is 123 Å². The SMILES string of the molecule is COC(=O)SSC[C@@H](/C=C/CN1C[C@@H](c2ccc(C(C)(C)C)cc2)C[C@H]1C(=O)N[C@@H](CCSC)C(=O)OC)NC(=O)OC(C)(C)C. The van der Waals surface area contributed by atoms with Crippen LogP contribution in [0.15, 0.2) is 36.4 Å². The van der Waals surface area contributed by atoms with Gasteiger partial charge in [0.05, 0.1) is 26.3 Å². The molecule has 2 amide bonds. The third-order valence-corrected chi connectivity index (χ3v) is 10.0. The van der Waals surface area contributed by atoms with Gasteiger partial charge in [-0.3, -0.25) is 9.69 Å². The molecule has 0 spiro atoms. The third kappa shape index (κ3) is 13.8. The Morgan fingerprint density at radius 2 is 1.70 bits per heavy atom. The third-order valence-electron chi connectivity index (χ3n) is 7.32. The number of carbonyl (C=O) groups is 4. The van der Waals surface area contributed by atoms with Gasteiger partial charge in [-0.25, -0.2) is 14.4 Å². The highest BCUT2D eigenvalue weighted by atomic mass is 33.1. The lowest BCUT2D eigenvalue weighted by Gasteiger charge is -2.25. The summed E-state index contributed by atoms with van der Waals surface area (Å²) in [6.45, 7) is 13.0. The number of carbonyl (C=O) groups excluding carboxylic acids is 4. The van der Waals surface area contributed by atoms with Crippen LogP contribution in [0.25, 0.3) is 0 Å². The Balaban J connectivity index is 2.27. The molecule has 0 saturated carbocycles. The second kappa shape index (κ2) is 18.8. The van der Waals surface area contributed by atoms with Crippen LogP contribution in [0.5, 0.6) is 0 Å². The molecule has 1 fully saturated rings. The van der Waals surface area contributed by atoms with E-state index in [2.05, 4.69) is 60.6 Å². The highest BCUT2D eigenvalue weighted by molar-refractivity contribution is 8.82. The number of thioether (sulfide) groups is 1. The number of hydrogen-bond donors (Lipinski definition) is 2. The first-order valence-electron chi connectivity index (χ1n) is 15.3. The fourth-order valence-corrected chi connectivity index (χ4v) is 7.11. The van der Waals surface area contributed by atoms with E-state index in [1.165, 1.54) is 30.6 Å². The molecule has 0 aromatic heterocycles. The van der Waals surface area contributed by atoms with Crippen molar-refractivity contribution in [2.45, 2.75) is 89.4 Å². The maximum absolute atomic E-state index is 13.7. The zero-order chi connectivity index (χ0) is 34.5. The lowest BCUT2D eigenvalue weighted by atomic mass is 9.85. The molecule has 0 unspecified atom stereocenters. The molecule has 46 heavy (non-hydrogen) atoms. The van der Waals surface area contributed by atoms with Crippen LogP contribution in [0, 0.1) is 0 Å². The summed E-state index contributed by atoms with van der Waals surface area (Å²) in [4.78, 5) is 52.4. The summed E-state index contributed by atoms with van der Waals surface area (Å²) in [5.41, 5.74) is 1.76. The molecule has 1 heterocycles. The van der Waals surface area contributed by atoms with E-state index < -0.39 is 41.1 Å². The summed E-state index contributed by atoms with van der Waals surface area (Å²) in [5.74, 6) is 0.534. The van der Waals surface area contributed by atoms with Gasteiger partial charge in [0.15, 0.2) is 0 Å². The zero-order valence-corrected chi connectivity index (χ0v) is 31.0. The van der Waals surface area contributed by atoms with Crippen molar-refractivity contribution in [2.24, 2.45) is 0 Å². The fraction of sp³-hybridized carbons (Fsp3) is 0.636. The number of benzene rings is 1. The summed E-state index contributed by atoms with van der Waals surface area (Å²) >= 11 is 1.60. The summed E-state index contributed by atoms with van der Waals surface area (Å²) in [7, 11) is 4.85. The largest absolute Gasteiger partial charge is 0.467 e. The minimum Gasteiger partial charge on any atom is -0.467 e. The van der Waals surface area contributed by atoms with Crippen molar-refractivity contribution in [1.29, 1.82) is 0 Å². The van der Waals surface area contributed by atoms with Gasteiger partial charge in [0.2, 0.25) is 5.91 Å². The number of rotatable bonds is 14. The summed E-state index contributed by atoms with van der Waals surface area (Å²) in [6.07, 6.45) is 6.22. The predicted octanol–water partition coefficient (Wildman–Crippen LogP) is 6.15. The Morgan fingerprint density at radius 3 is 2.26 bits per heavy atom. The van der Waals surface area contributed by atoms with Crippen LogP contribution in [0.1, 0.15) is 71.4 Å². The first kappa shape index (κ1) is 39.8. The summed E-state index contributed by atoms with van der Waals surface area (Å²) in [5, 5.41) is 5.38. The van der Waals surface area contributed by atoms with Gasteiger partial charge in [-0.1, -0.05) is 68.0 Å². The molecule has 258 valence electrons. The van der Waals surface area contributed by atoms with Gasteiger partial charge in [0, 0.05) is 29.6 Å². The monoisotopic (exact) mass is 697 g/mol. The van der Waals surface area contributed by atoms with Crippen molar-refractivity contribution in [3.8, 4) is 0 Å². The van der Waals surface area contributed by atoms with Crippen LogP contribution in [-0.2, 0) is 29.2 Å². The highest BCUT2D eigenvalue weighted by Gasteiger charge is 2.38. The number of esters is 1. The molecule has 0 bridgehead atoms. The molecule has 0 radical (unpaired) electrons. The Labute approximate surface area is 286 Å². The van der Waals surface area contributed by atoms with Gasteiger partial charge >= 0.3 is 17.4 Å². The van der Waals surface area contributed by atoms with Crippen molar-refractivity contribution < 1.29 is 33.4 Å². The van der Waals surface area contributed by atoms with Gasteiger partial charge < -0.3 is 24.8 Å². The number of nitrogens with zero attached hydrogens (tertiary/aromatic N) is 1. The quantitative estimate of drug-likeness (QED) is 0.101. The average molecular weight is 698 g/mol. The molecular formula is C33H51N3O7S3. The average Bonchev–Trinajstić information content (AvgIpc) is 3.41. The van der Waals surface area contributed by atoms with E-state index in [0.29, 0.717) is 37.4 Å². The number of amides is 2. The number of likely N-dealkylation sites (tertiary alicyclic amines) is 1. The first-order valence-corrected chi connectivity index (χ1v) is 19.0. The maximum atomic E-state index is 13.7.